The van der Waals surface area contributed by atoms with Crippen molar-refractivity contribution in [2.75, 3.05) is 13.1 Å². The van der Waals surface area contributed by atoms with Crippen molar-refractivity contribution in [3.05, 3.63) is 29.3 Å². The topological polar surface area (TPSA) is 29.5 Å². The summed E-state index contributed by atoms with van der Waals surface area (Å²) in [4.78, 5) is 14.5. The molecule has 1 saturated heterocycles. The van der Waals surface area contributed by atoms with E-state index in [9.17, 15) is 4.79 Å². The van der Waals surface area contributed by atoms with Crippen molar-refractivity contribution in [1.29, 1.82) is 0 Å². The summed E-state index contributed by atoms with van der Waals surface area (Å²) in [5.41, 5.74) is 0. The normalized spacial score (nSPS) is 20.6. The molecule has 1 heterocycles. The average Bonchev–Trinajstić information content (AvgIpc) is 2.46. The molecule has 3 nitrogen and oxygen atoms in total. The molecule has 0 N–H and O–H groups in total. The summed E-state index contributed by atoms with van der Waals surface area (Å²) in [5, 5.41) is 0.547. The van der Waals surface area contributed by atoms with Gasteiger partial charge in [-0.25, -0.2) is 0 Å². The van der Waals surface area contributed by atoms with Crippen LogP contribution in [0.2, 0.25) is 5.02 Å². The lowest BCUT2D eigenvalue weighted by Crippen LogP contribution is -2.46. The number of rotatable bonds is 4. The second-order valence-corrected chi connectivity index (χ2v) is 5.88. The Morgan fingerprint density at radius 2 is 2.25 bits per heavy atom. The van der Waals surface area contributed by atoms with Crippen LogP contribution in [-0.4, -0.2) is 30.0 Å². The summed E-state index contributed by atoms with van der Waals surface area (Å²) < 4.78 is 5.82. The smallest absolute Gasteiger partial charge is 0.263 e. The van der Waals surface area contributed by atoms with Crippen molar-refractivity contribution in [3.8, 4) is 5.75 Å². The number of para-hydroxylation sites is 1. The average molecular weight is 296 g/mol. The van der Waals surface area contributed by atoms with E-state index in [0.29, 0.717) is 23.1 Å². The molecular formula is C16H22ClNO2. The number of amides is 1. The van der Waals surface area contributed by atoms with Crippen LogP contribution in [0.25, 0.3) is 0 Å². The molecule has 0 saturated carbocycles. The number of ether oxygens (including phenoxy) is 1. The molecule has 1 aliphatic heterocycles. The van der Waals surface area contributed by atoms with E-state index < -0.39 is 6.10 Å². The third kappa shape index (κ3) is 3.66. The molecule has 1 aliphatic rings. The maximum Gasteiger partial charge on any atom is 0.263 e. The van der Waals surface area contributed by atoms with Gasteiger partial charge < -0.3 is 9.64 Å². The Hall–Kier alpha value is -1.22. The summed E-state index contributed by atoms with van der Waals surface area (Å²) >= 11 is 6.09. The second kappa shape index (κ2) is 6.98. The Kier molecular flexibility index (Phi) is 5.30. The molecule has 20 heavy (non-hydrogen) atoms. The van der Waals surface area contributed by atoms with Gasteiger partial charge in [-0.05, 0) is 37.3 Å². The molecule has 2 atom stereocenters. The highest BCUT2D eigenvalue weighted by atomic mass is 35.5. The Morgan fingerprint density at radius 1 is 1.50 bits per heavy atom. The number of nitrogens with zero attached hydrogens (tertiary/aromatic N) is 1. The van der Waals surface area contributed by atoms with Crippen LogP contribution in [0, 0.1) is 5.92 Å². The van der Waals surface area contributed by atoms with E-state index in [2.05, 4.69) is 6.92 Å². The largest absolute Gasteiger partial charge is 0.479 e. The van der Waals surface area contributed by atoms with Gasteiger partial charge in [0, 0.05) is 13.1 Å². The van der Waals surface area contributed by atoms with Gasteiger partial charge in [0.25, 0.3) is 5.91 Å². The molecule has 110 valence electrons. The van der Waals surface area contributed by atoms with E-state index in [4.69, 9.17) is 16.3 Å². The van der Waals surface area contributed by atoms with Crippen LogP contribution in [0.15, 0.2) is 24.3 Å². The Balaban J connectivity index is 2.04. The van der Waals surface area contributed by atoms with Crippen molar-refractivity contribution >= 4 is 17.5 Å². The summed E-state index contributed by atoms with van der Waals surface area (Å²) in [7, 11) is 0. The first kappa shape index (κ1) is 15.2. The fourth-order valence-electron chi connectivity index (χ4n) is 2.60. The lowest BCUT2D eigenvalue weighted by atomic mass is 9.99. The molecule has 0 unspecified atom stereocenters. The van der Waals surface area contributed by atoms with Crippen LogP contribution in [-0.2, 0) is 4.79 Å². The maximum absolute atomic E-state index is 12.5. The van der Waals surface area contributed by atoms with E-state index in [1.54, 1.807) is 12.1 Å². The highest BCUT2D eigenvalue weighted by molar-refractivity contribution is 6.32. The minimum absolute atomic E-state index is 0.0824. The third-order valence-corrected chi connectivity index (χ3v) is 4.03. The van der Waals surface area contributed by atoms with E-state index in [1.165, 1.54) is 6.42 Å². The fourth-order valence-corrected chi connectivity index (χ4v) is 2.78. The van der Waals surface area contributed by atoms with Crippen LogP contribution in [0.4, 0.5) is 0 Å². The number of halogens is 1. The van der Waals surface area contributed by atoms with Crippen LogP contribution in [0.3, 0.4) is 0 Å². The zero-order valence-electron chi connectivity index (χ0n) is 12.1. The van der Waals surface area contributed by atoms with E-state index in [1.807, 2.05) is 24.0 Å². The van der Waals surface area contributed by atoms with Crippen molar-refractivity contribution in [2.45, 2.75) is 39.2 Å². The molecule has 4 heteroatoms. The minimum Gasteiger partial charge on any atom is -0.479 e. The molecule has 0 spiro atoms. The Bertz CT molecular complexity index is 464. The number of likely N-dealkylation sites (tertiary alicyclic amines) is 1. The molecule has 1 fully saturated rings. The summed E-state index contributed by atoms with van der Waals surface area (Å²) in [6.07, 6.45) is 2.48. The van der Waals surface area contributed by atoms with E-state index in [0.717, 1.165) is 19.5 Å². The highest BCUT2D eigenvalue weighted by Crippen LogP contribution is 2.26. The monoisotopic (exact) mass is 295 g/mol. The standard InChI is InChI=1S/C16H22ClNO2/c1-3-14(20-15-9-5-4-8-13(15)17)16(19)18-10-6-7-12(2)11-18/h4-5,8-9,12,14H,3,6-7,10-11H2,1-2H3/t12-,14+/m0/s1. The van der Waals surface area contributed by atoms with Gasteiger partial charge in [-0.2, -0.15) is 0 Å². The first-order chi connectivity index (χ1) is 9.61. The van der Waals surface area contributed by atoms with Crippen LogP contribution in [0.5, 0.6) is 5.75 Å². The number of benzene rings is 1. The molecule has 1 aromatic rings. The van der Waals surface area contributed by atoms with Gasteiger partial charge in [-0.3, -0.25) is 4.79 Å². The van der Waals surface area contributed by atoms with E-state index in [-0.39, 0.29) is 5.91 Å². The summed E-state index contributed by atoms with van der Waals surface area (Å²) in [6, 6.07) is 7.29. The van der Waals surface area contributed by atoms with Gasteiger partial charge in [0.1, 0.15) is 5.75 Å². The molecule has 0 bridgehead atoms. The first-order valence-electron chi connectivity index (χ1n) is 7.31. The zero-order valence-corrected chi connectivity index (χ0v) is 12.9. The Morgan fingerprint density at radius 3 is 2.90 bits per heavy atom. The van der Waals surface area contributed by atoms with Crippen molar-refractivity contribution in [1.82, 2.24) is 4.90 Å². The van der Waals surface area contributed by atoms with Crippen molar-refractivity contribution in [2.24, 2.45) is 5.92 Å². The van der Waals surface area contributed by atoms with Gasteiger partial charge in [0.15, 0.2) is 6.10 Å². The predicted octanol–water partition coefficient (Wildman–Crippen LogP) is 3.76. The van der Waals surface area contributed by atoms with Crippen LogP contribution >= 0.6 is 11.6 Å². The zero-order chi connectivity index (χ0) is 14.5. The maximum atomic E-state index is 12.5. The fraction of sp³-hybridized carbons (Fsp3) is 0.562. The quantitative estimate of drug-likeness (QED) is 0.846. The number of hydrogen-bond donors (Lipinski definition) is 0. The van der Waals surface area contributed by atoms with Gasteiger partial charge in [0.05, 0.1) is 5.02 Å². The number of carbonyl (C=O) groups is 1. The predicted molar refractivity (Wildman–Crippen MR) is 81.1 cm³/mol. The highest BCUT2D eigenvalue weighted by Gasteiger charge is 2.28. The number of carbonyl (C=O) groups excluding carboxylic acids is 1. The van der Waals surface area contributed by atoms with Gasteiger partial charge in [-0.15, -0.1) is 0 Å². The van der Waals surface area contributed by atoms with Crippen molar-refractivity contribution < 1.29 is 9.53 Å². The molecule has 0 radical (unpaired) electrons. The van der Waals surface area contributed by atoms with Gasteiger partial charge >= 0.3 is 0 Å². The van der Waals surface area contributed by atoms with Crippen LogP contribution < -0.4 is 4.74 Å². The summed E-state index contributed by atoms with van der Waals surface area (Å²) in [6.45, 7) is 5.83. The van der Waals surface area contributed by atoms with E-state index >= 15 is 0 Å². The molecule has 1 aromatic carbocycles. The minimum atomic E-state index is -0.444. The number of piperidine rings is 1. The molecule has 0 aromatic heterocycles. The molecule has 2 rings (SSSR count). The molecular weight excluding hydrogens is 274 g/mol. The summed E-state index contributed by atoms with van der Waals surface area (Å²) in [5.74, 6) is 1.24. The first-order valence-corrected chi connectivity index (χ1v) is 7.69. The third-order valence-electron chi connectivity index (χ3n) is 3.72. The van der Waals surface area contributed by atoms with Gasteiger partial charge in [-0.1, -0.05) is 37.6 Å². The Labute approximate surface area is 125 Å². The van der Waals surface area contributed by atoms with Gasteiger partial charge in [0.2, 0.25) is 0 Å². The lowest BCUT2D eigenvalue weighted by Gasteiger charge is -2.33. The lowest BCUT2D eigenvalue weighted by molar-refractivity contribution is -0.140. The second-order valence-electron chi connectivity index (χ2n) is 5.48. The SMILES string of the molecule is CC[C@@H](Oc1ccccc1Cl)C(=O)N1CCC[C@H](C)C1. The molecule has 0 aliphatic carbocycles. The van der Waals surface area contributed by atoms with Crippen LogP contribution in [0.1, 0.15) is 33.1 Å². The number of hydrogen-bond acceptors (Lipinski definition) is 2. The molecule has 1 amide bonds. The van der Waals surface area contributed by atoms with Crippen molar-refractivity contribution in [3.63, 3.8) is 0 Å².